The Morgan fingerprint density at radius 1 is 0.767 bits per heavy atom. The van der Waals surface area contributed by atoms with Crippen LogP contribution < -0.4 is 10.6 Å². The Morgan fingerprint density at radius 3 is 1.98 bits per heavy atom. The highest BCUT2D eigenvalue weighted by atomic mass is 16.5. The van der Waals surface area contributed by atoms with Crippen molar-refractivity contribution in [2.45, 2.75) is 56.6 Å². The van der Waals surface area contributed by atoms with Gasteiger partial charge in [0.05, 0.1) is 24.3 Å². The van der Waals surface area contributed by atoms with Gasteiger partial charge in [0, 0.05) is 12.3 Å². The highest BCUT2D eigenvalue weighted by molar-refractivity contribution is 5.80. The van der Waals surface area contributed by atoms with E-state index in [1.54, 1.807) is 0 Å². The molecule has 5 unspecified atom stereocenters. The van der Waals surface area contributed by atoms with Gasteiger partial charge >= 0.3 is 6.09 Å². The van der Waals surface area contributed by atoms with Crippen LogP contribution in [0.5, 0.6) is 0 Å². The summed E-state index contributed by atoms with van der Waals surface area (Å²) in [4.78, 5) is 26.7. The van der Waals surface area contributed by atoms with E-state index in [2.05, 4.69) is 10.6 Å². The van der Waals surface area contributed by atoms with Crippen LogP contribution in [0, 0.1) is 5.92 Å². The Labute approximate surface area is 252 Å². The fourth-order valence-corrected chi connectivity index (χ4v) is 5.72. The number of rotatable bonds is 12. The van der Waals surface area contributed by atoms with Crippen LogP contribution in [0.1, 0.15) is 40.3 Å². The molecule has 1 aliphatic rings. The zero-order valence-corrected chi connectivity index (χ0v) is 24.0. The van der Waals surface area contributed by atoms with Crippen LogP contribution >= 0.6 is 0 Å². The molecule has 0 saturated heterocycles. The summed E-state index contributed by atoms with van der Waals surface area (Å²) >= 11 is 0. The maximum atomic E-state index is 13.8. The molecular formula is C36H38N2O5. The molecule has 0 spiro atoms. The summed E-state index contributed by atoms with van der Waals surface area (Å²) in [6, 6.07) is 35.1. The lowest BCUT2D eigenvalue weighted by molar-refractivity contribution is -0.127. The first-order valence-corrected chi connectivity index (χ1v) is 14.8. The van der Waals surface area contributed by atoms with E-state index in [1.165, 1.54) is 0 Å². The summed E-state index contributed by atoms with van der Waals surface area (Å²) in [5.41, 5.74) is 4.67. The van der Waals surface area contributed by atoms with Crippen molar-refractivity contribution in [3.63, 3.8) is 0 Å². The summed E-state index contributed by atoms with van der Waals surface area (Å²) in [6.07, 6.45) is -1.09. The fourth-order valence-electron chi connectivity index (χ4n) is 5.72. The van der Waals surface area contributed by atoms with E-state index in [0.29, 0.717) is 19.3 Å². The highest BCUT2D eigenvalue weighted by Crippen LogP contribution is 2.32. The van der Waals surface area contributed by atoms with Gasteiger partial charge in [0.25, 0.3) is 0 Å². The smallest absolute Gasteiger partial charge is 0.407 e. The van der Waals surface area contributed by atoms with Gasteiger partial charge in [-0.2, -0.15) is 0 Å². The number of alkyl carbamates (subject to hydrolysis) is 1. The van der Waals surface area contributed by atoms with Crippen molar-refractivity contribution < 1.29 is 24.5 Å². The summed E-state index contributed by atoms with van der Waals surface area (Å²) in [5, 5.41) is 28.3. The summed E-state index contributed by atoms with van der Waals surface area (Å²) < 4.78 is 5.46. The Kier molecular flexibility index (Phi) is 10.2. The first-order valence-electron chi connectivity index (χ1n) is 14.8. The number of hydrogen-bond acceptors (Lipinski definition) is 5. The van der Waals surface area contributed by atoms with Crippen LogP contribution in [0.15, 0.2) is 115 Å². The number of aliphatic hydroxyl groups is 2. The Balaban J connectivity index is 1.32. The van der Waals surface area contributed by atoms with E-state index in [-0.39, 0.29) is 18.9 Å². The van der Waals surface area contributed by atoms with Crippen molar-refractivity contribution in [1.29, 1.82) is 0 Å². The minimum absolute atomic E-state index is 0.0989. The van der Waals surface area contributed by atoms with Gasteiger partial charge in [0.2, 0.25) is 5.91 Å². The Morgan fingerprint density at radius 2 is 1.33 bits per heavy atom. The monoisotopic (exact) mass is 578 g/mol. The third-order valence-electron chi connectivity index (χ3n) is 8.00. The summed E-state index contributed by atoms with van der Waals surface area (Å²) in [7, 11) is 0. The number of carbonyl (C=O) groups is 2. The van der Waals surface area contributed by atoms with Crippen LogP contribution in [0.2, 0.25) is 0 Å². The zero-order valence-electron chi connectivity index (χ0n) is 24.0. The second-order valence-electron chi connectivity index (χ2n) is 11.1. The van der Waals surface area contributed by atoms with E-state index in [0.717, 1.165) is 27.8 Å². The predicted molar refractivity (Wildman–Crippen MR) is 165 cm³/mol. The molecule has 0 aliphatic heterocycles. The van der Waals surface area contributed by atoms with Crippen molar-refractivity contribution in [1.82, 2.24) is 10.6 Å². The van der Waals surface area contributed by atoms with Crippen LogP contribution in [-0.2, 0) is 35.4 Å². The molecule has 222 valence electrons. The minimum atomic E-state index is -1.05. The molecule has 2 amide bonds. The third-order valence-corrected chi connectivity index (χ3v) is 8.00. The molecule has 43 heavy (non-hydrogen) atoms. The molecule has 0 aromatic heterocycles. The lowest BCUT2D eigenvalue weighted by atomic mass is 9.88. The van der Waals surface area contributed by atoms with Gasteiger partial charge in [-0.3, -0.25) is 4.79 Å². The van der Waals surface area contributed by atoms with Crippen LogP contribution in [-0.4, -0.2) is 40.5 Å². The molecule has 0 heterocycles. The molecule has 4 N–H and O–H groups in total. The van der Waals surface area contributed by atoms with Gasteiger partial charge < -0.3 is 25.6 Å². The number of amides is 2. The maximum absolute atomic E-state index is 13.8. The Hall–Kier alpha value is -4.46. The number of ether oxygens (including phenoxy) is 1. The van der Waals surface area contributed by atoms with Crippen molar-refractivity contribution in [3.05, 3.63) is 143 Å². The van der Waals surface area contributed by atoms with E-state index >= 15 is 0 Å². The predicted octanol–water partition coefficient (Wildman–Crippen LogP) is 4.91. The molecule has 0 bridgehead atoms. The molecule has 1 aliphatic carbocycles. The van der Waals surface area contributed by atoms with E-state index in [9.17, 15) is 19.8 Å². The number of aliphatic hydroxyl groups excluding tert-OH is 2. The van der Waals surface area contributed by atoms with Gasteiger partial charge in [-0.25, -0.2) is 4.79 Å². The van der Waals surface area contributed by atoms with Crippen molar-refractivity contribution >= 4 is 12.0 Å². The Bertz CT molecular complexity index is 1460. The second-order valence-corrected chi connectivity index (χ2v) is 11.1. The van der Waals surface area contributed by atoms with E-state index < -0.39 is 36.3 Å². The van der Waals surface area contributed by atoms with E-state index in [4.69, 9.17) is 4.74 Å². The van der Waals surface area contributed by atoms with Crippen LogP contribution in [0.4, 0.5) is 4.79 Å². The molecule has 5 rings (SSSR count). The summed E-state index contributed by atoms with van der Waals surface area (Å²) in [6.45, 7) is 0.102. The standard InChI is InChI=1S/C36H38N2O5/c39-32(31(21-26-14-6-2-7-15-26)37-36(42)43-24-27-16-8-3-9-17-27)23-29(20-25-12-4-1-5-13-25)35(41)38-34-30-19-11-10-18-28(30)22-33(34)40/h1-19,29,31-34,39-40H,20-24H2,(H,37,42)(H,38,41). The average molecular weight is 579 g/mol. The molecule has 0 fully saturated rings. The normalized spacial score (nSPS) is 17.7. The zero-order chi connectivity index (χ0) is 30.0. The van der Waals surface area contributed by atoms with Gasteiger partial charge in [0.1, 0.15) is 6.61 Å². The van der Waals surface area contributed by atoms with E-state index in [1.807, 2.05) is 115 Å². The van der Waals surface area contributed by atoms with Gasteiger partial charge in [-0.1, -0.05) is 115 Å². The molecule has 4 aromatic rings. The van der Waals surface area contributed by atoms with Gasteiger partial charge in [-0.05, 0) is 47.1 Å². The second kappa shape index (κ2) is 14.6. The lowest BCUT2D eigenvalue weighted by Gasteiger charge is -2.28. The number of hydrogen-bond donors (Lipinski definition) is 4. The topological polar surface area (TPSA) is 108 Å². The quantitative estimate of drug-likeness (QED) is 0.191. The molecule has 7 heteroatoms. The maximum Gasteiger partial charge on any atom is 0.407 e. The third kappa shape index (κ3) is 8.31. The van der Waals surface area contributed by atoms with Crippen LogP contribution in [0.25, 0.3) is 0 Å². The fraction of sp³-hybridized carbons (Fsp3) is 0.278. The van der Waals surface area contributed by atoms with Crippen molar-refractivity contribution in [2.75, 3.05) is 0 Å². The summed E-state index contributed by atoms with van der Waals surface area (Å²) in [5.74, 6) is -0.869. The number of nitrogens with one attached hydrogen (secondary N) is 2. The molecular weight excluding hydrogens is 540 g/mol. The minimum Gasteiger partial charge on any atom is -0.445 e. The van der Waals surface area contributed by atoms with Crippen LogP contribution in [0.3, 0.4) is 0 Å². The van der Waals surface area contributed by atoms with Crippen molar-refractivity contribution in [3.8, 4) is 0 Å². The first kappa shape index (κ1) is 30.0. The largest absolute Gasteiger partial charge is 0.445 e. The van der Waals surface area contributed by atoms with Gasteiger partial charge in [-0.15, -0.1) is 0 Å². The molecule has 7 nitrogen and oxygen atoms in total. The number of fused-ring (bicyclic) bond motifs is 1. The molecule has 5 atom stereocenters. The highest BCUT2D eigenvalue weighted by Gasteiger charge is 2.35. The SMILES string of the molecule is O=C(NC(Cc1ccccc1)C(O)CC(Cc1ccccc1)C(=O)NC1c2ccccc2CC1O)OCc1ccccc1. The molecule has 0 radical (unpaired) electrons. The average Bonchev–Trinajstić information content (AvgIpc) is 3.35. The first-order chi connectivity index (χ1) is 21.0. The van der Waals surface area contributed by atoms with Crippen molar-refractivity contribution in [2.24, 2.45) is 5.92 Å². The number of carbonyl (C=O) groups excluding carboxylic acids is 2. The lowest BCUT2D eigenvalue weighted by Crippen LogP contribution is -2.47. The molecule has 0 saturated carbocycles. The van der Waals surface area contributed by atoms with Gasteiger partial charge in [0.15, 0.2) is 0 Å². The molecule has 4 aromatic carbocycles. The number of benzene rings is 4.